The summed E-state index contributed by atoms with van der Waals surface area (Å²) in [6.07, 6.45) is -3.09. The maximum atomic E-state index is 7.10. The lowest BCUT2D eigenvalue weighted by atomic mass is 9.89. The molecule has 8 nitrogen and oxygen atoms in total. The molecule has 0 aliphatic carbocycles. The van der Waals surface area contributed by atoms with Crippen molar-refractivity contribution in [2.75, 3.05) is 27.9 Å². The number of ether oxygens (including phenoxy) is 8. The molecule has 1 fully saturated rings. The van der Waals surface area contributed by atoms with Gasteiger partial charge in [-0.15, -0.1) is 0 Å². The fraction of sp³-hybridized carbons (Fsp3) is 0.302. The van der Waals surface area contributed by atoms with Crippen LogP contribution in [0.1, 0.15) is 33.9 Å². The molecule has 5 aromatic rings. The van der Waals surface area contributed by atoms with Crippen molar-refractivity contribution in [3.63, 3.8) is 0 Å². The van der Waals surface area contributed by atoms with Crippen LogP contribution in [0.15, 0.2) is 133 Å². The van der Waals surface area contributed by atoms with Gasteiger partial charge in [-0.1, -0.05) is 121 Å². The zero-order valence-corrected chi connectivity index (χ0v) is 29.4. The van der Waals surface area contributed by atoms with E-state index in [4.69, 9.17) is 37.9 Å². The molecule has 1 saturated heterocycles. The molecule has 0 N–H and O–H groups in total. The Morgan fingerprint density at radius 2 is 0.882 bits per heavy atom. The first-order chi connectivity index (χ1) is 25.2. The van der Waals surface area contributed by atoms with Crippen molar-refractivity contribution < 1.29 is 37.9 Å². The molecule has 0 spiro atoms. The molecule has 1 heterocycles. The number of hydrogen-bond donors (Lipinski definition) is 0. The van der Waals surface area contributed by atoms with Crippen molar-refractivity contribution in [3.8, 4) is 17.2 Å². The lowest BCUT2D eigenvalue weighted by Gasteiger charge is -2.46. The van der Waals surface area contributed by atoms with E-state index in [2.05, 4.69) is 0 Å². The predicted octanol–water partition coefficient (Wildman–Crippen LogP) is 8.13. The van der Waals surface area contributed by atoms with Gasteiger partial charge in [0.1, 0.15) is 47.8 Å². The minimum Gasteiger partial charge on any atom is -0.496 e. The van der Waals surface area contributed by atoms with Gasteiger partial charge >= 0.3 is 0 Å². The van der Waals surface area contributed by atoms with Crippen LogP contribution in [-0.2, 0) is 50.1 Å². The Hall–Kier alpha value is -4.70. The third kappa shape index (κ3) is 9.55. The van der Waals surface area contributed by atoms with Crippen molar-refractivity contribution in [3.05, 3.63) is 161 Å². The van der Waals surface area contributed by atoms with Gasteiger partial charge in [0.15, 0.2) is 0 Å². The van der Waals surface area contributed by atoms with Crippen LogP contribution in [-0.4, -0.2) is 52.4 Å². The van der Waals surface area contributed by atoms with E-state index in [9.17, 15) is 0 Å². The molecule has 6 rings (SSSR count). The zero-order valence-electron chi connectivity index (χ0n) is 29.4. The SMILES string of the molecule is COc1cc(OC)c([C@@H]2O[C@H](COCc3ccccc3)[C@@H](OCc3ccccc3)[C@H](OCc3ccccc3)[C@H]2OCc2ccccc2)c(OC)c1. The van der Waals surface area contributed by atoms with Gasteiger partial charge < -0.3 is 37.9 Å². The minimum atomic E-state index is -0.702. The fourth-order valence-corrected chi connectivity index (χ4v) is 6.33. The maximum Gasteiger partial charge on any atom is 0.132 e. The summed E-state index contributed by atoms with van der Waals surface area (Å²) < 4.78 is 51.6. The Labute approximate surface area is 300 Å². The summed E-state index contributed by atoms with van der Waals surface area (Å²) in [4.78, 5) is 0. The normalized spacial score (nSPS) is 20.1. The first-order valence-electron chi connectivity index (χ1n) is 17.2. The summed E-state index contributed by atoms with van der Waals surface area (Å²) in [7, 11) is 4.85. The predicted molar refractivity (Wildman–Crippen MR) is 195 cm³/mol. The molecule has 5 atom stereocenters. The van der Waals surface area contributed by atoms with E-state index in [1.165, 1.54) is 0 Å². The first-order valence-corrected chi connectivity index (χ1v) is 17.2. The molecule has 0 unspecified atom stereocenters. The summed E-state index contributed by atoms with van der Waals surface area (Å²) >= 11 is 0. The van der Waals surface area contributed by atoms with E-state index >= 15 is 0 Å². The van der Waals surface area contributed by atoms with Crippen molar-refractivity contribution in [1.82, 2.24) is 0 Å². The van der Waals surface area contributed by atoms with Crippen molar-refractivity contribution in [1.29, 1.82) is 0 Å². The zero-order chi connectivity index (χ0) is 35.3. The van der Waals surface area contributed by atoms with Crippen LogP contribution in [0.4, 0.5) is 0 Å². The molecule has 5 aromatic carbocycles. The first kappa shape index (κ1) is 36.1. The van der Waals surface area contributed by atoms with Crippen LogP contribution in [0.25, 0.3) is 0 Å². The van der Waals surface area contributed by atoms with Gasteiger partial charge in [-0.25, -0.2) is 0 Å². The van der Waals surface area contributed by atoms with Gasteiger partial charge in [0, 0.05) is 12.1 Å². The van der Waals surface area contributed by atoms with E-state index in [1.54, 1.807) is 21.3 Å². The van der Waals surface area contributed by atoms with Crippen LogP contribution in [0, 0.1) is 0 Å². The molecular weight excluding hydrogens is 644 g/mol. The number of rotatable bonds is 17. The Morgan fingerprint density at radius 3 is 1.31 bits per heavy atom. The molecule has 8 heteroatoms. The average Bonchev–Trinajstić information content (AvgIpc) is 3.19. The highest BCUT2D eigenvalue weighted by Gasteiger charge is 2.50. The van der Waals surface area contributed by atoms with Gasteiger partial charge in [-0.3, -0.25) is 0 Å². The summed E-state index contributed by atoms with van der Waals surface area (Å²) in [5.41, 5.74) is 4.82. The molecule has 266 valence electrons. The van der Waals surface area contributed by atoms with Crippen LogP contribution in [0.3, 0.4) is 0 Å². The molecule has 0 bridgehead atoms. The van der Waals surface area contributed by atoms with Crippen LogP contribution >= 0.6 is 0 Å². The highest BCUT2D eigenvalue weighted by Crippen LogP contribution is 2.46. The van der Waals surface area contributed by atoms with Crippen LogP contribution in [0.5, 0.6) is 17.2 Å². The fourth-order valence-electron chi connectivity index (χ4n) is 6.33. The summed E-state index contributed by atoms with van der Waals surface area (Å²) in [6.45, 7) is 1.65. The average molecular weight is 691 g/mol. The monoisotopic (exact) mass is 690 g/mol. The minimum absolute atomic E-state index is 0.238. The molecule has 1 aliphatic rings. The second-order valence-electron chi connectivity index (χ2n) is 12.3. The number of hydrogen-bond acceptors (Lipinski definition) is 8. The second kappa shape index (κ2) is 18.5. The molecular formula is C43H46O8. The van der Waals surface area contributed by atoms with Crippen molar-refractivity contribution in [2.24, 2.45) is 0 Å². The maximum absolute atomic E-state index is 7.10. The molecule has 51 heavy (non-hydrogen) atoms. The van der Waals surface area contributed by atoms with Gasteiger partial charge in [0.2, 0.25) is 0 Å². The Bertz CT molecular complexity index is 1710. The van der Waals surface area contributed by atoms with Gasteiger partial charge in [0.25, 0.3) is 0 Å². The molecule has 0 amide bonds. The highest BCUT2D eigenvalue weighted by atomic mass is 16.6. The molecule has 0 aromatic heterocycles. The van der Waals surface area contributed by atoms with Crippen molar-refractivity contribution >= 4 is 0 Å². The largest absolute Gasteiger partial charge is 0.496 e. The molecule has 0 radical (unpaired) electrons. The van der Waals surface area contributed by atoms with Gasteiger partial charge in [-0.05, 0) is 22.3 Å². The highest BCUT2D eigenvalue weighted by molar-refractivity contribution is 5.52. The quantitative estimate of drug-likeness (QED) is 0.0969. The third-order valence-corrected chi connectivity index (χ3v) is 8.92. The third-order valence-electron chi connectivity index (χ3n) is 8.92. The van der Waals surface area contributed by atoms with E-state index in [0.29, 0.717) is 49.2 Å². The number of methoxy groups -OCH3 is 3. The Morgan fingerprint density at radius 1 is 0.471 bits per heavy atom. The number of benzene rings is 5. The van der Waals surface area contributed by atoms with Crippen molar-refractivity contribution in [2.45, 2.75) is 56.9 Å². The van der Waals surface area contributed by atoms with E-state index in [0.717, 1.165) is 22.3 Å². The standard InChI is InChI=1S/C43H46O8/c1-44-35-24-36(45-2)39(37(25-35)46-3)41-43(50-29-34-22-14-7-15-23-34)42(49-28-33-20-12-6-13-21-33)40(48-27-32-18-10-5-11-19-32)38(51-41)30-47-26-31-16-8-4-9-17-31/h4-25,38,40-43H,26-30H2,1-3H3/t38-,40-,41+,42+,43+/m1/s1. The van der Waals surface area contributed by atoms with E-state index < -0.39 is 30.5 Å². The Kier molecular flexibility index (Phi) is 13.1. The smallest absolute Gasteiger partial charge is 0.132 e. The van der Waals surface area contributed by atoms with Gasteiger partial charge in [0.05, 0.1) is 59.9 Å². The Balaban J connectivity index is 1.42. The van der Waals surface area contributed by atoms with Gasteiger partial charge in [-0.2, -0.15) is 0 Å². The summed E-state index contributed by atoms with van der Waals surface area (Å²) in [5, 5.41) is 0. The lowest BCUT2D eigenvalue weighted by Crippen LogP contribution is -2.58. The summed E-state index contributed by atoms with van der Waals surface area (Å²) in [6, 6.07) is 44.0. The lowest BCUT2D eigenvalue weighted by molar-refractivity contribution is -0.275. The van der Waals surface area contributed by atoms with E-state index in [-0.39, 0.29) is 6.61 Å². The topological polar surface area (TPSA) is 73.8 Å². The molecule has 1 aliphatic heterocycles. The van der Waals surface area contributed by atoms with Crippen LogP contribution < -0.4 is 14.2 Å². The van der Waals surface area contributed by atoms with Crippen LogP contribution in [0.2, 0.25) is 0 Å². The summed E-state index contributed by atoms with van der Waals surface area (Å²) in [5.74, 6) is 1.67. The molecule has 0 saturated carbocycles. The second-order valence-corrected chi connectivity index (χ2v) is 12.3. The van der Waals surface area contributed by atoms with E-state index in [1.807, 2.05) is 133 Å².